The van der Waals surface area contributed by atoms with Crippen LogP contribution in [0.3, 0.4) is 0 Å². The number of pyridine rings is 1. The molecule has 1 aromatic carbocycles. The van der Waals surface area contributed by atoms with Crippen molar-refractivity contribution in [3.05, 3.63) is 52.7 Å². The maximum Gasteiger partial charge on any atom is 0.422 e. The van der Waals surface area contributed by atoms with Gasteiger partial charge in [0.15, 0.2) is 6.61 Å². The first-order chi connectivity index (χ1) is 17.3. The Hall–Kier alpha value is -2.76. The largest absolute Gasteiger partial charge is 0.460 e. The number of nitrogens with zero attached hydrogens (tertiary/aromatic N) is 3. The number of hydrogen-bond donors (Lipinski definition) is 1. The summed E-state index contributed by atoms with van der Waals surface area (Å²) < 4.78 is 48.0. The summed E-state index contributed by atoms with van der Waals surface area (Å²) in [6.07, 6.45) is 0.764. The van der Waals surface area contributed by atoms with Crippen LogP contribution in [0.25, 0.3) is 10.9 Å². The Kier molecular flexibility index (Phi) is 7.40. The molecule has 1 fully saturated rings. The van der Waals surface area contributed by atoms with Crippen molar-refractivity contribution in [1.29, 1.82) is 0 Å². The molecule has 2 aliphatic rings. The molecule has 36 heavy (non-hydrogen) atoms. The van der Waals surface area contributed by atoms with Gasteiger partial charge in [-0.2, -0.15) is 13.2 Å². The molecule has 1 saturated heterocycles. The summed E-state index contributed by atoms with van der Waals surface area (Å²) in [4.78, 5) is 24.7. The molecule has 0 unspecified atom stereocenters. The molecule has 3 aromatic rings. The third-order valence-electron chi connectivity index (χ3n) is 6.51. The van der Waals surface area contributed by atoms with Gasteiger partial charge in [0, 0.05) is 41.7 Å². The van der Waals surface area contributed by atoms with E-state index in [-0.39, 0.29) is 23.2 Å². The molecule has 7 nitrogen and oxygen atoms in total. The molecule has 11 heteroatoms. The summed E-state index contributed by atoms with van der Waals surface area (Å²) in [5.41, 5.74) is 2.21. The minimum Gasteiger partial charge on any atom is -0.460 e. The Labute approximate surface area is 210 Å². The van der Waals surface area contributed by atoms with E-state index in [2.05, 4.69) is 20.2 Å². The van der Waals surface area contributed by atoms with Crippen molar-refractivity contribution in [3.63, 3.8) is 0 Å². The molecular formula is C25H27F3N4O3S. The van der Waals surface area contributed by atoms with Crippen molar-refractivity contribution in [3.8, 4) is 5.19 Å². The monoisotopic (exact) mass is 520 g/mol. The fraction of sp³-hybridized carbons (Fsp3) is 0.480. The number of nitrogens with one attached hydrogen (secondary N) is 1. The zero-order valence-corrected chi connectivity index (χ0v) is 20.4. The second-order valence-electron chi connectivity index (χ2n) is 9.15. The summed E-state index contributed by atoms with van der Waals surface area (Å²) in [5.74, 6) is -0.119. The summed E-state index contributed by atoms with van der Waals surface area (Å²) in [5, 5.41) is 4.01. The van der Waals surface area contributed by atoms with Gasteiger partial charge in [-0.15, -0.1) is 0 Å². The SMILES string of the molecule is O=C(N[C@H]1CC[C@H](CCN2CCc3sc(OCC(F)(F)F)nc3C2)OC1)c1cccc2ncccc12. The molecule has 5 rings (SSSR count). The van der Waals surface area contributed by atoms with Gasteiger partial charge < -0.3 is 14.8 Å². The van der Waals surface area contributed by atoms with Crippen LogP contribution in [0.1, 0.15) is 40.2 Å². The van der Waals surface area contributed by atoms with Crippen molar-refractivity contribution >= 4 is 28.1 Å². The summed E-state index contributed by atoms with van der Waals surface area (Å²) in [6.45, 7) is 1.41. The molecule has 2 atom stereocenters. The quantitative estimate of drug-likeness (QED) is 0.499. The molecule has 1 amide bonds. The first-order valence-corrected chi connectivity index (χ1v) is 12.8. The Morgan fingerprint density at radius 2 is 2.14 bits per heavy atom. The van der Waals surface area contributed by atoms with Crippen molar-refractivity contribution in [2.75, 3.05) is 26.3 Å². The number of hydrogen-bond acceptors (Lipinski definition) is 7. The normalized spacial score (nSPS) is 20.8. The van der Waals surface area contributed by atoms with Crippen LogP contribution in [0, 0.1) is 0 Å². The van der Waals surface area contributed by atoms with E-state index in [9.17, 15) is 18.0 Å². The average Bonchev–Trinajstić information content (AvgIpc) is 3.29. The molecule has 2 aliphatic heterocycles. The number of carbonyl (C=O) groups excluding carboxylic acids is 1. The molecule has 0 bridgehead atoms. The van der Waals surface area contributed by atoms with E-state index < -0.39 is 12.8 Å². The predicted octanol–water partition coefficient (Wildman–Crippen LogP) is 4.36. The fourth-order valence-corrected chi connectivity index (χ4v) is 5.57. The molecular weight excluding hydrogens is 493 g/mol. The zero-order valence-electron chi connectivity index (χ0n) is 19.6. The minimum atomic E-state index is -4.37. The number of aromatic nitrogens is 2. The lowest BCUT2D eigenvalue weighted by atomic mass is 10.0. The first-order valence-electron chi connectivity index (χ1n) is 12.0. The number of thiazole rings is 1. The first kappa shape index (κ1) is 24.9. The molecule has 2 aromatic heterocycles. The lowest BCUT2D eigenvalue weighted by molar-refractivity contribution is -0.153. The van der Waals surface area contributed by atoms with Crippen LogP contribution >= 0.6 is 11.3 Å². The smallest absolute Gasteiger partial charge is 0.422 e. The van der Waals surface area contributed by atoms with Gasteiger partial charge in [-0.05, 0) is 43.9 Å². The van der Waals surface area contributed by atoms with E-state index >= 15 is 0 Å². The van der Waals surface area contributed by atoms with Gasteiger partial charge in [-0.3, -0.25) is 14.7 Å². The van der Waals surface area contributed by atoms with E-state index in [1.54, 1.807) is 6.20 Å². The molecule has 4 heterocycles. The van der Waals surface area contributed by atoms with Crippen LogP contribution in [0.15, 0.2) is 36.5 Å². The highest BCUT2D eigenvalue weighted by atomic mass is 32.1. The number of halogens is 3. The number of benzene rings is 1. The van der Waals surface area contributed by atoms with Gasteiger partial charge in [0.05, 0.1) is 30.0 Å². The molecule has 0 aliphatic carbocycles. The Balaban J connectivity index is 1.06. The van der Waals surface area contributed by atoms with E-state index in [1.807, 2.05) is 30.3 Å². The van der Waals surface area contributed by atoms with E-state index in [1.165, 1.54) is 11.3 Å². The number of amides is 1. The minimum absolute atomic E-state index is 0.0386. The van der Waals surface area contributed by atoms with Crippen LogP contribution in [0.2, 0.25) is 0 Å². The van der Waals surface area contributed by atoms with E-state index in [0.717, 1.165) is 60.2 Å². The van der Waals surface area contributed by atoms with E-state index in [4.69, 9.17) is 9.47 Å². The fourth-order valence-electron chi connectivity index (χ4n) is 4.66. The second-order valence-corrected chi connectivity index (χ2v) is 10.2. The Bertz CT molecular complexity index is 1210. The molecule has 0 spiro atoms. The van der Waals surface area contributed by atoms with Gasteiger partial charge in [-0.25, -0.2) is 4.98 Å². The lowest BCUT2D eigenvalue weighted by Gasteiger charge is -2.32. The summed E-state index contributed by atoms with van der Waals surface area (Å²) in [6, 6.07) is 9.22. The zero-order chi connectivity index (χ0) is 25.1. The van der Waals surface area contributed by atoms with Gasteiger partial charge in [0.25, 0.3) is 11.1 Å². The molecule has 0 radical (unpaired) electrons. The average molecular weight is 521 g/mol. The Morgan fingerprint density at radius 3 is 2.94 bits per heavy atom. The van der Waals surface area contributed by atoms with E-state index in [0.29, 0.717) is 18.7 Å². The van der Waals surface area contributed by atoms with Crippen molar-refractivity contribution in [1.82, 2.24) is 20.2 Å². The number of fused-ring (bicyclic) bond motifs is 2. The van der Waals surface area contributed by atoms with Crippen molar-refractivity contribution < 1.29 is 27.4 Å². The second kappa shape index (κ2) is 10.7. The number of rotatable bonds is 7. The van der Waals surface area contributed by atoms with Gasteiger partial charge in [0.1, 0.15) is 0 Å². The molecule has 192 valence electrons. The van der Waals surface area contributed by atoms with Gasteiger partial charge >= 0.3 is 6.18 Å². The standard InChI is InChI=1S/C25H27F3N4O3S/c26-25(27,28)15-35-24-31-21-13-32(12-9-22(21)36-24)11-8-17-7-6-16(14-34-17)30-23(33)19-3-1-5-20-18(19)4-2-10-29-20/h1-5,10,16-17H,6-9,11-15H2,(H,30,33)/t16-,17+/m0/s1. The van der Waals surface area contributed by atoms with Crippen LogP contribution in [0.5, 0.6) is 5.19 Å². The highest BCUT2D eigenvalue weighted by molar-refractivity contribution is 7.13. The maximum absolute atomic E-state index is 12.9. The van der Waals surface area contributed by atoms with Crippen LogP contribution in [-0.2, 0) is 17.7 Å². The number of carbonyl (C=O) groups is 1. The third kappa shape index (κ3) is 6.13. The summed E-state index contributed by atoms with van der Waals surface area (Å²) in [7, 11) is 0. The highest BCUT2D eigenvalue weighted by Gasteiger charge is 2.30. The number of ether oxygens (including phenoxy) is 2. The number of alkyl halides is 3. The molecule has 0 saturated carbocycles. The molecule has 1 N–H and O–H groups in total. The summed E-state index contributed by atoms with van der Waals surface area (Å²) >= 11 is 1.21. The van der Waals surface area contributed by atoms with Crippen molar-refractivity contribution in [2.45, 2.75) is 50.6 Å². The predicted molar refractivity (Wildman–Crippen MR) is 129 cm³/mol. The highest BCUT2D eigenvalue weighted by Crippen LogP contribution is 2.31. The third-order valence-corrected chi connectivity index (χ3v) is 7.58. The Morgan fingerprint density at radius 1 is 1.25 bits per heavy atom. The van der Waals surface area contributed by atoms with Gasteiger partial charge in [-0.1, -0.05) is 23.5 Å². The topological polar surface area (TPSA) is 76.6 Å². The van der Waals surface area contributed by atoms with Crippen molar-refractivity contribution in [2.24, 2.45) is 0 Å². The maximum atomic E-state index is 12.9. The van der Waals surface area contributed by atoms with Gasteiger partial charge in [0.2, 0.25) is 0 Å². The van der Waals surface area contributed by atoms with Crippen LogP contribution < -0.4 is 10.1 Å². The van der Waals surface area contributed by atoms with Crippen LogP contribution in [0.4, 0.5) is 13.2 Å². The lowest BCUT2D eigenvalue weighted by Crippen LogP contribution is -2.43. The van der Waals surface area contributed by atoms with Crippen LogP contribution in [-0.4, -0.2) is 65.4 Å².